The first-order valence-electron chi connectivity index (χ1n) is 9.28. The predicted octanol–water partition coefficient (Wildman–Crippen LogP) is 7.25. The number of hydrogen-bond donors (Lipinski definition) is 2. The third kappa shape index (κ3) is 3.34. The van der Waals surface area contributed by atoms with Crippen LogP contribution in [0.1, 0.15) is 0 Å². The molecule has 0 spiro atoms. The van der Waals surface area contributed by atoms with Crippen molar-refractivity contribution in [2.75, 3.05) is 0 Å². The zero-order chi connectivity index (χ0) is 20.5. The topological polar surface area (TPSA) is 66.2 Å². The van der Waals surface area contributed by atoms with Gasteiger partial charge in [0.05, 0.1) is 11.0 Å². The number of nitrogens with zero attached hydrogens (tertiary/aromatic N) is 2. The van der Waals surface area contributed by atoms with E-state index in [-0.39, 0.29) is 0 Å². The van der Waals surface area contributed by atoms with E-state index >= 15 is 0 Å². The van der Waals surface area contributed by atoms with Crippen LogP contribution in [0.15, 0.2) is 95.0 Å². The van der Waals surface area contributed by atoms with Crippen LogP contribution in [-0.2, 0) is 0 Å². The molecule has 3 aromatic carbocycles. The maximum Gasteiger partial charge on any atom is 0.0970 e. The van der Waals surface area contributed by atoms with Gasteiger partial charge in [-0.25, -0.2) is 0 Å². The molecule has 0 unspecified atom stereocenters. The zero-order valence-corrected chi connectivity index (χ0v) is 17.3. The third-order valence-electron chi connectivity index (χ3n) is 5.16. The van der Waals surface area contributed by atoms with Crippen LogP contribution < -0.4 is 0 Å². The largest absolute Gasteiger partial charge is 0.325 e. The van der Waals surface area contributed by atoms with Crippen LogP contribution in [0.3, 0.4) is 0 Å². The summed E-state index contributed by atoms with van der Waals surface area (Å²) in [4.78, 5) is 10.9. The molecule has 0 radical (unpaired) electrons. The lowest BCUT2D eigenvalue weighted by atomic mass is 9.96. The monoisotopic (exact) mass is 428 g/mol. The maximum atomic E-state index is 9.22. The molecule has 0 aliphatic rings. The molecule has 4 nitrogen and oxygen atoms in total. The van der Waals surface area contributed by atoms with E-state index in [2.05, 4.69) is 22.1 Å². The van der Waals surface area contributed by atoms with Gasteiger partial charge in [-0.05, 0) is 58.7 Å². The highest BCUT2D eigenvalue weighted by Gasteiger charge is 2.12. The molecule has 0 saturated carbocycles. The second-order valence-corrected chi connectivity index (χ2v) is 8.11. The fourth-order valence-electron chi connectivity index (χ4n) is 3.72. The van der Waals surface area contributed by atoms with Crippen LogP contribution in [0.2, 0.25) is 0 Å². The molecule has 0 fully saturated rings. The Morgan fingerprint density at radius 3 is 1.27 bits per heavy atom. The molecule has 0 bridgehead atoms. The lowest BCUT2D eigenvalue weighted by Crippen LogP contribution is -1.90. The van der Waals surface area contributed by atoms with E-state index < -0.39 is 0 Å². The minimum Gasteiger partial charge on any atom is -0.325 e. The first-order chi connectivity index (χ1) is 14.8. The van der Waals surface area contributed by atoms with E-state index in [1.165, 1.54) is 0 Å². The van der Waals surface area contributed by atoms with E-state index in [0.29, 0.717) is 0 Å². The standard InChI is InChI=1S/C24H16N2O2S2/c27-29-17-5-1-15(2-6-17)19-11-13-25-23-21(19)9-10-22-20(12-14-26-24(22)23)16-3-7-18(30-28)8-4-16/h1-14,27-28H. The molecule has 2 aromatic heterocycles. The highest BCUT2D eigenvalue weighted by Crippen LogP contribution is 2.35. The number of hydrogen-bond acceptors (Lipinski definition) is 6. The van der Waals surface area contributed by atoms with Gasteiger partial charge in [-0.3, -0.25) is 9.97 Å². The van der Waals surface area contributed by atoms with Gasteiger partial charge in [0, 0.05) is 57.0 Å². The van der Waals surface area contributed by atoms with Gasteiger partial charge in [0.2, 0.25) is 0 Å². The number of benzene rings is 3. The number of rotatable bonds is 4. The third-order valence-corrected chi connectivity index (χ3v) is 6.13. The summed E-state index contributed by atoms with van der Waals surface area (Å²) in [6, 6.07) is 23.8. The number of pyridine rings is 2. The van der Waals surface area contributed by atoms with Gasteiger partial charge in [0.15, 0.2) is 0 Å². The predicted molar refractivity (Wildman–Crippen MR) is 125 cm³/mol. The Morgan fingerprint density at radius 2 is 0.900 bits per heavy atom. The van der Waals surface area contributed by atoms with E-state index in [1.54, 1.807) is 0 Å². The van der Waals surface area contributed by atoms with E-state index in [4.69, 9.17) is 0 Å². The van der Waals surface area contributed by atoms with E-state index in [1.807, 2.05) is 73.1 Å². The molecule has 0 aliphatic heterocycles. The Kier molecular flexibility index (Phi) is 5.14. The fraction of sp³-hybridized carbons (Fsp3) is 0. The average molecular weight is 429 g/mol. The molecule has 5 aromatic rings. The van der Waals surface area contributed by atoms with Gasteiger partial charge in [-0.1, -0.05) is 36.4 Å². The van der Waals surface area contributed by atoms with Crippen LogP contribution in [0.5, 0.6) is 0 Å². The Hall–Kier alpha value is -2.90. The van der Waals surface area contributed by atoms with E-state index in [0.717, 1.165) is 77.9 Å². The summed E-state index contributed by atoms with van der Waals surface area (Å²) in [5, 5.41) is 2.07. The molecule has 2 N–H and O–H groups in total. The summed E-state index contributed by atoms with van der Waals surface area (Å²) >= 11 is 1.48. The van der Waals surface area contributed by atoms with Gasteiger partial charge in [0.1, 0.15) is 0 Å². The Balaban J connectivity index is 1.70. The van der Waals surface area contributed by atoms with Crippen molar-refractivity contribution < 1.29 is 9.11 Å². The van der Waals surface area contributed by atoms with Crippen molar-refractivity contribution in [3.05, 3.63) is 85.2 Å². The summed E-state index contributed by atoms with van der Waals surface area (Å²) in [5.74, 6) is 0. The van der Waals surface area contributed by atoms with Gasteiger partial charge < -0.3 is 9.11 Å². The normalized spacial score (nSPS) is 11.3. The highest BCUT2D eigenvalue weighted by atomic mass is 32.2. The second-order valence-electron chi connectivity index (χ2n) is 6.81. The van der Waals surface area contributed by atoms with Crippen LogP contribution in [0.25, 0.3) is 44.1 Å². The van der Waals surface area contributed by atoms with Crippen molar-refractivity contribution in [2.45, 2.75) is 9.79 Å². The lowest BCUT2D eigenvalue weighted by Gasteiger charge is -2.11. The molecule has 30 heavy (non-hydrogen) atoms. The quantitative estimate of drug-likeness (QED) is 0.232. The number of aromatic nitrogens is 2. The van der Waals surface area contributed by atoms with E-state index in [9.17, 15) is 9.11 Å². The molecule has 0 aliphatic carbocycles. The van der Waals surface area contributed by atoms with Crippen molar-refractivity contribution >= 4 is 45.9 Å². The summed E-state index contributed by atoms with van der Waals surface area (Å²) in [6.45, 7) is 0. The summed E-state index contributed by atoms with van der Waals surface area (Å²) in [5.41, 5.74) is 5.99. The summed E-state index contributed by atoms with van der Waals surface area (Å²) in [6.07, 6.45) is 3.63. The van der Waals surface area contributed by atoms with Gasteiger partial charge in [0.25, 0.3) is 0 Å². The Labute approximate surface area is 182 Å². The minimum absolute atomic E-state index is 0.742. The van der Waals surface area contributed by atoms with Crippen molar-refractivity contribution in [3.8, 4) is 22.3 Å². The zero-order valence-electron chi connectivity index (χ0n) is 15.7. The molecule has 2 heterocycles. The SMILES string of the molecule is OSc1ccc(-c2ccnc3c2ccc2c(-c4ccc(SO)cc4)ccnc23)cc1. The van der Waals surface area contributed by atoms with Crippen molar-refractivity contribution in [1.82, 2.24) is 9.97 Å². The number of fused-ring (bicyclic) bond motifs is 3. The summed E-state index contributed by atoms with van der Waals surface area (Å²) in [7, 11) is 0. The molecular weight excluding hydrogens is 412 g/mol. The smallest absolute Gasteiger partial charge is 0.0970 e. The van der Waals surface area contributed by atoms with Gasteiger partial charge in [-0.15, -0.1) is 0 Å². The van der Waals surface area contributed by atoms with Crippen molar-refractivity contribution in [1.29, 1.82) is 0 Å². The maximum absolute atomic E-state index is 9.22. The average Bonchev–Trinajstić information content (AvgIpc) is 2.83. The Bertz CT molecular complexity index is 1250. The molecule has 0 saturated heterocycles. The molecule has 146 valence electrons. The van der Waals surface area contributed by atoms with Crippen molar-refractivity contribution in [2.24, 2.45) is 0 Å². The summed E-state index contributed by atoms with van der Waals surface area (Å²) < 4.78 is 18.4. The Morgan fingerprint density at radius 1 is 0.500 bits per heavy atom. The van der Waals surface area contributed by atoms with Crippen LogP contribution in [0, 0.1) is 0 Å². The molecule has 0 amide bonds. The van der Waals surface area contributed by atoms with Gasteiger partial charge >= 0.3 is 0 Å². The van der Waals surface area contributed by atoms with Gasteiger partial charge in [-0.2, -0.15) is 0 Å². The minimum atomic E-state index is 0.742. The highest BCUT2D eigenvalue weighted by molar-refractivity contribution is 7.94. The first-order valence-corrected chi connectivity index (χ1v) is 10.8. The fourth-order valence-corrected chi connectivity index (χ4v) is 4.24. The molecule has 5 rings (SSSR count). The molecule has 6 heteroatoms. The van der Waals surface area contributed by atoms with Crippen molar-refractivity contribution in [3.63, 3.8) is 0 Å². The first kappa shape index (κ1) is 19.1. The van der Waals surface area contributed by atoms with Crippen LogP contribution in [0.4, 0.5) is 0 Å². The lowest BCUT2D eigenvalue weighted by molar-refractivity contribution is 0.663. The van der Waals surface area contributed by atoms with Crippen LogP contribution >= 0.6 is 24.1 Å². The molecular formula is C24H16N2O2S2. The second kappa shape index (κ2) is 8.08. The molecule has 0 atom stereocenters. The van der Waals surface area contributed by atoms with Crippen LogP contribution in [-0.4, -0.2) is 19.1 Å².